The predicted octanol–water partition coefficient (Wildman–Crippen LogP) is 23.2. The molecule has 0 aromatic rings. The molecule has 92 heavy (non-hydrogen) atoms. The maximum Gasteiger partial charge on any atom is 0.306 e. The molecule has 0 saturated heterocycles. The zero-order valence-electron chi connectivity index (χ0n) is 58.7. The molecule has 0 bridgehead atoms. The van der Waals surface area contributed by atoms with Crippen molar-refractivity contribution in [2.75, 3.05) is 47.5 Å². The third-order valence-corrected chi connectivity index (χ3v) is 15.3. The van der Waals surface area contributed by atoms with Crippen molar-refractivity contribution in [3.63, 3.8) is 0 Å². The third kappa shape index (κ3) is 73.6. The third-order valence-electron chi connectivity index (χ3n) is 14.3. The van der Waals surface area contributed by atoms with Gasteiger partial charge in [0.2, 0.25) is 0 Å². The van der Waals surface area contributed by atoms with E-state index in [2.05, 4.69) is 220 Å². The number of allylic oxidation sites excluding steroid dienone is 34. The van der Waals surface area contributed by atoms with Gasteiger partial charge in [-0.1, -0.05) is 291 Å². The average Bonchev–Trinajstić information content (AvgIpc) is 2.14. The van der Waals surface area contributed by atoms with Crippen molar-refractivity contribution in [1.29, 1.82) is 0 Å². The van der Waals surface area contributed by atoms with Crippen LogP contribution < -0.4 is 4.89 Å². The minimum absolute atomic E-state index is 0.0492. The van der Waals surface area contributed by atoms with Crippen LogP contribution in [0, 0.1) is 0 Å². The zero-order chi connectivity index (χ0) is 66.9. The van der Waals surface area contributed by atoms with Gasteiger partial charge in [-0.05, 0) is 148 Å². The van der Waals surface area contributed by atoms with Gasteiger partial charge >= 0.3 is 11.9 Å². The minimum atomic E-state index is -4.67. The highest BCUT2D eigenvalue weighted by molar-refractivity contribution is 7.45. The van der Waals surface area contributed by atoms with E-state index in [1.165, 1.54) is 51.4 Å². The molecule has 0 saturated carbocycles. The number of esters is 2. The largest absolute Gasteiger partial charge is 0.756 e. The van der Waals surface area contributed by atoms with Crippen molar-refractivity contribution in [2.45, 2.75) is 251 Å². The maximum absolute atomic E-state index is 12.9. The number of unbranched alkanes of at least 4 members (excludes halogenated alkanes) is 15. The molecular formula is C82H130NO8P. The summed E-state index contributed by atoms with van der Waals surface area (Å²) in [6.45, 7) is 3.95. The lowest BCUT2D eigenvalue weighted by Gasteiger charge is -2.28. The Morgan fingerprint density at radius 3 is 0.880 bits per heavy atom. The number of rotatable bonds is 63. The van der Waals surface area contributed by atoms with Crippen molar-refractivity contribution in [1.82, 2.24) is 0 Å². The SMILES string of the molecule is CC/C=C\C/C=C\C/C=C\C/C=C\C/C=C\C/C=C\C/C=C\C/C=C\C/C=C\CCCCCC(=O)OC(COC(=O)CCCCCCCCCCCCCC/C=C\C/C=C\C/C=C\C/C=C\C/C=C\C/C=C\C/C=C\C/C=C\CC)COP(=O)([O-])OCC[N+](C)(C)C. The number of carbonyl (C=O) groups is 2. The van der Waals surface area contributed by atoms with Gasteiger partial charge in [0.1, 0.15) is 19.8 Å². The lowest BCUT2D eigenvalue weighted by atomic mass is 10.0. The van der Waals surface area contributed by atoms with E-state index in [1.807, 2.05) is 21.1 Å². The Labute approximate surface area is 564 Å². The number of likely N-dealkylation sites (N-methyl/N-ethyl adjacent to an activating group) is 1. The molecular weight excluding hydrogens is 1160 g/mol. The lowest BCUT2D eigenvalue weighted by Crippen LogP contribution is -2.37. The first kappa shape index (κ1) is 86.6. The molecule has 516 valence electrons. The fourth-order valence-corrected chi connectivity index (χ4v) is 9.63. The summed E-state index contributed by atoms with van der Waals surface area (Å²) in [6.07, 6.45) is 110. The number of phosphoric ester groups is 1. The lowest BCUT2D eigenvalue weighted by molar-refractivity contribution is -0.870. The van der Waals surface area contributed by atoms with Crippen molar-refractivity contribution in [3.05, 3.63) is 207 Å². The van der Waals surface area contributed by atoms with Gasteiger partial charge in [-0.25, -0.2) is 0 Å². The summed E-state index contributed by atoms with van der Waals surface area (Å²) in [5, 5.41) is 0. The van der Waals surface area contributed by atoms with Crippen LogP contribution in [-0.2, 0) is 32.7 Å². The molecule has 10 heteroatoms. The van der Waals surface area contributed by atoms with E-state index in [0.717, 1.165) is 154 Å². The van der Waals surface area contributed by atoms with Crippen LogP contribution in [0.3, 0.4) is 0 Å². The number of phosphoric acid groups is 1. The van der Waals surface area contributed by atoms with E-state index in [-0.39, 0.29) is 26.1 Å². The summed E-state index contributed by atoms with van der Waals surface area (Å²) in [5.74, 6) is -0.888. The fraction of sp³-hybridized carbons (Fsp3) is 0.561. The van der Waals surface area contributed by atoms with E-state index in [0.29, 0.717) is 23.9 Å². The smallest absolute Gasteiger partial charge is 0.306 e. The van der Waals surface area contributed by atoms with E-state index in [4.69, 9.17) is 18.5 Å². The van der Waals surface area contributed by atoms with Crippen LogP contribution in [0.4, 0.5) is 0 Å². The van der Waals surface area contributed by atoms with Gasteiger partial charge in [-0.3, -0.25) is 14.2 Å². The van der Waals surface area contributed by atoms with E-state index in [9.17, 15) is 19.0 Å². The molecule has 0 N–H and O–H groups in total. The maximum atomic E-state index is 12.9. The molecule has 0 aliphatic rings. The van der Waals surface area contributed by atoms with E-state index >= 15 is 0 Å². The minimum Gasteiger partial charge on any atom is -0.756 e. The summed E-state index contributed by atoms with van der Waals surface area (Å²) in [4.78, 5) is 38.1. The predicted molar refractivity (Wildman–Crippen MR) is 396 cm³/mol. The van der Waals surface area contributed by atoms with Crippen molar-refractivity contribution in [2.24, 2.45) is 0 Å². The van der Waals surface area contributed by atoms with Gasteiger partial charge < -0.3 is 27.9 Å². The zero-order valence-corrected chi connectivity index (χ0v) is 59.5. The van der Waals surface area contributed by atoms with Gasteiger partial charge in [0, 0.05) is 12.8 Å². The van der Waals surface area contributed by atoms with Crippen molar-refractivity contribution < 1.29 is 42.1 Å². The van der Waals surface area contributed by atoms with E-state index < -0.39 is 32.5 Å². The molecule has 2 unspecified atom stereocenters. The number of hydrogen-bond donors (Lipinski definition) is 0. The monoisotopic (exact) mass is 1290 g/mol. The van der Waals surface area contributed by atoms with Crippen LogP contribution >= 0.6 is 7.82 Å². The van der Waals surface area contributed by atoms with Crippen LogP contribution in [0.1, 0.15) is 245 Å². The molecule has 9 nitrogen and oxygen atoms in total. The molecule has 0 aliphatic heterocycles. The summed E-state index contributed by atoms with van der Waals surface area (Å²) in [7, 11) is 1.11. The second-order valence-electron chi connectivity index (χ2n) is 24.1. The van der Waals surface area contributed by atoms with Crippen LogP contribution in [-0.4, -0.2) is 70.0 Å². The van der Waals surface area contributed by atoms with Crippen LogP contribution in [0.25, 0.3) is 0 Å². The number of hydrogen-bond acceptors (Lipinski definition) is 8. The topological polar surface area (TPSA) is 111 Å². The Morgan fingerprint density at radius 1 is 0.337 bits per heavy atom. The van der Waals surface area contributed by atoms with Crippen LogP contribution in [0.2, 0.25) is 0 Å². The highest BCUT2D eigenvalue weighted by Gasteiger charge is 2.22. The van der Waals surface area contributed by atoms with Crippen molar-refractivity contribution in [3.8, 4) is 0 Å². The second-order valence-corrected chi connectivity index (χ2v) is 25.5. The Morgan fingerprint density at radius 2 is 0.587 bits per heavy atom. The van der Waals surface area contributed by atoms with Crippen LogP contribution in [0.5, 0.6) is 0 Å². The fourth-order valence-electron chi connectivity index (χ4n) is 8.90. The Bertz CT molecular complexity index is 2310. The Kier molecular flexibility index (Phi) is 65.8. The standard InChI is InChI=1S/C82H130NO8P/c1-6-8-10-12-14-16-18-20-22-24-26-28-30-32-34-36-38-39-40-41-42-43-45-46-48-50-52-54-56-58-60-62-64-66-68-70-72-74-81(84)88-78-80(79-90-92(86,87)89-77-76-83(3,4)5)91-82(85)75-73-71-69-67-65-63-61-59-57-55-53-51-49-47-44-37-35-33-31-29-27-25-23-21-19-17-15-13-11-9-7-2/h8-11,14-17,20-23,26-29,32-35,38-39,41-42,44-47,51,53,57,59,63,65,80H,6-7,12-13,18-19,24-25,30-31,36-37,40,43,48-50,52,54-56,58,60-62,64,66-79H2,1-5H3/b10-8-,11-9-,16-14-,17-15-,22-20-,23-21-,28-26-,29-27-,34-32-,35-33-,39-38-,42-41-,46-45-,47-44-,53-51-,59-57-,65-63-. The summed E-state index contributed by atoms with van der Waals surface area (Å²) in [6, 6.07) is 0. The Balaban J connectivity index is 4.18. The van der Waals surface area contributed by atoms with Gasteiger partial charge in [0.05, 0.1) is 27.7 Å². The quantitative estimate of drug-likeness (QED) is 0.0195. The normalized spacial score (nSPS) is 14.4. The van der Waals surface area contributed by atoms with Gasteiger partial charge in [0.25, 0.3) is 7.82 Å². The summed E-state index contributed by atoms with van der Waals surface area (Å²) >= 11 is 0. The summed E-state index contributed by atoms with van der Waals surface area (Å²) in [5.41, 5.74) is 0. The first-order valence-corrected chi connectivity index (χ1v) is 37.3. The van der Waals surface area contributed by atoms with Crippen LogP contribution in [0.15, 0.2) is 207 Å². The first-order chi connectivity index (χ1) is 45.0. The van der Waals surface area contributed by atoms with Gasteiger partial charge in [-0.15, -0.1) is 0 Å². The van der Waals surface area contributed by atoms with Gasteiger partial charge in [0.15, 0.2) is 6.10 Å². The summed E-state index contributed by atoms with van der Waals surface area (Å²) < 4.78 is 34.3. The first-order valence-electron chi connectivity index (χ1n) is 35.8. The molecule has 0 spiro atoms. The van der Waals surface area contributed by atoms with Gasteiger partial charge in [-0.2, -0.15) is 0 Å². The molecule has 0 heterocycles. The highest BCUT2D eigenvalue weighted by atomic mass is 31.2. The number of nitrogens with zero attached hydrogens (tertiary/aromatic N) is 1. The molecule has 0 radical (unpaired) electrons. The highest BCUT2D eigenvalue weighted by Crippen LogP contribution is 2.38. The Hall–Kier alpha value is -5.41. The molecule has 0 rings (SSSR count). The molecule has 2 atom stereocenters. The molecule has 0 aromatic carbocycles. The number of ether oxygens (including phenoxy) is 2. The second kappa shape index (κ2) is 69.9. The molecule has 0 fully saturated rings. The molecule has 0 aromatic heterocycles. The number of carbonyl (C=O) groups excluding carboxylic acids is 2. The van der Waals surface area contributed by atoms with E-state index in [1.54, 1.807) is 0 Å². The number of quaternary nitrogens is 1. The average molecular weight is 1290 g/mol. The molecule has 0 aliphatic carbocycles. The molecule has 0 amide bonds. The van der Waals surface area contributed by atoms with Crippen molar-refractivity contribution >= 4 is 19.8 Å².